The Morgan fingerprint density at radius 2 is 0.747 bits per heavy atom. The molecule has 1 aliphatic rings. The fourth-order valence-electron chi connectivity index (χ4n) is 3.27. The van der Waals surface area contributed by atoms with Crippen LogP contribution in [0.15, 0.2) is 170 Å². The first-order valence-electron chi connectivity index (χ1n) is 33.4. The summed E-state index contributed by atoms with van der Waals surface area (Å²) in [4.78, 5) is 26.9. The van der Waals surface area contributed by atoms with Crippen LogP contribution in [0.3, 0.4) is 0 Å². The van der Waals surface area contributed by atoms with E-state index in [4.69, 9.17) is 6.58 Å². The van der Waals surface area contributed by atoms with Crippen LogP contribution in [0.5, 0.6) is 0 Å². The van der Waals surface area contributed by atoms with Gasteiger partial charge in [0.05, 0.1) is 0 Å². The van der Waals surface area contributed by atoms with Gasteiger partial charge >= 0.3 is 49.3 Å². The summed E-state index contributed by atoms with van der Waals surface area (Å²) < 4.78 is 2.12. The topological polar surface area (TPSA) is 90.2 Å². The van der Waals surface area contributed by atoms with Gasteiger partial charge in [-0.3, -0.25) is 15.0 Å². The molecule has 0 amide bonds. The van der Waals surface area contributed by atoms with Crippen molar-refractivity contribution in [1.82, 2.24) is 34.9 Å². The third-order valence-electron chi connectivity index (χ3n) is 6.19. The van der Waals surface area contributed by atoms with Gasteiger partial charge in [0.2, 0.25) is 0 Å². The number of nitrogens with zero attached hydrogens (tertiary/aromatic N) is 7. The minimum absolute atomic E-state index is 0. The van der Waals surface area contributed by atoms with Gasteiger partial charge in [-0.05, 0) is 108 Å². The van der Waals surface area contributed by atoms with E-state index in [1.165, 1.54) is 60.7 Å². The molecule has 7 rings (SSSR count). The Bertz CT molecular complexity index is 1510. The minimum Gasteiger partial charge on any atom is 0 e. The molecule has 1 aromatic carbocycles. The zero-order valence-electron chi connectivity index (χ0n) is 65.5. The van der Waals surface area contributed by atoms with E-state index in [1.807, 2.05) is 336 Å². The maximum atomic E-state index is 5.30. The maximum absolute atomic E-state index is 5.30. The molecule has 0 spiro atoms. The Morgan fingerprint density at radius 3 is 0.897 bits per heavy atom. The number of aryl methyl sites for hydroxylation is 6. The number of benzene rings is 1. The van der Waals surface area contributed by atoms with Crippen LogP contribution in [0, 0.1) is 48.1 Å². The third-order valence-corrected chi connectivity index (χ3v) is 6.79. The Hall–Kier alpha value is -4.70. The van der Waals surface area contributed by atoms with E-state index < -0.39 is 0 Å². The van der Waals surface area contributed by atoms with Gasteiger partial charge < -0.3 is 0 Å². The fourth-order valence-corrected chi connectivity index (χ4v) is 4.22. The predicted molar refractivity (Wildman–Crippen MR) is 405 cm³/mol. The molecule has 0 atom stereocenters. The van der Waals surface area contributed by atoms with Gasteiger partial charge in [0, 0.05) is 82.0 Å². The molecule has 5 aromatic heterocycles. The average Bonchev–Trinajstić information content (AvgIpc) is 4.11. The normalized spacial score (nSPS) is 7.10. The summed E-state index contributed by atoms with van der Waals surface area (Å²) in [6, 6.07) is 25.9. The standard InChI is InChI=1S/C7H8.3C6H7N.C6H8.2C5H6N2.C5H7.16C2H6.2W/c1-7-5-3-2-4-6-7;1-6-2-4-7-5-3-6;1-6-3-2-4-7-5-6;1-6-4-2-3-5-7-6;1-6-4-2-3-5-6;1-5-2-6-4-7-3-5;1-5-2-3-6-4-7-5;1-4-5(2)3;16*1-2;;/h2-6H,1H3;3*2-5H,1H3;2-4H,5H2,1H3;2*2-4H,1H3;1-2H,4H2,3H3;16*1-2H3;;/q;;;;;;;-1;;;;;;;;;;;;;;;;;;. The number of pyridine rings is 3. The number of hydrogen-bond donors (Lipinski definition) is 0. The third kappa shape index (κ3) is 180. The average molecular weight is 1560 g/mol. The van der Waals surface area contributed by atoms with E-state index in [-0.39, 0.29) is 21.1 Å². The monoisotopic (exact) mass is 1560 g/mol. The summed E-state index contributed by atoms with van der Waals surface area (Å²) >= 11 is 1.50. The maximum Gasteiger partial charge on any atom is 0 e. The van der Waals surface area contributed by atoms with E-state index in [2.05, 4.69) is 83.5 Å². The molecule has 512 valence electrons. The molecular formula is C78H152N7W2-. The van der Waals surface area contributed by atoms with Gasteiger partial charge in [-0.15, -0.1) is 0 Å². The van der Waals surface area contributed by atoms with Crippen LogP contribution >= 0.6 is 0 Å². The van der Waals surface area contributed by atoms with Gasteiger partial charge in [-0.2, -0.15) is 0 Å². The van der Waals surface area contributed by atoms with Crippen molar-refractivity contribution in [2.75, 3.05) is 0 Å². The van der Waals surface area contributed by atoms with E-state index in [0.717, 1.165) is 28.9 Å². The van der Waals surface area contributed by atoms with Crippen LogP contribution in [0.25, 0.3) is 0 Å². The second kappa shape index (κ2) is 171. The predicted octanol–water partition coefficient (Wildman–Crippen LogP) is 27.1. The van der Waals surface area contributed by atoms with Crippen LogP contribution < -0.4 is 0 Å². The van der Waals surface area contributed by atoms with Gasteiger partial charge in [0.1, 0.15) is 12.7 Å². The molecule has 9 heteroatoms. The zero-order valence-corrected chi connectivity index (χ0v) is 71.4. The van der Waals surface area contributed by atoms with Crippen LogP contribution in [0.4, 0.5) is 0 Å². The zero-order chi connectivity index (χ0) is 72.1. The van der Waals surface area contributed by atoms with E-state index in [9.17, 15) is 0 Å². The first-order chi connectivity index (χ1) is 42.0. The first kappa shape index (κ1) is 132. The van der Waals surface area contributed by atoms with Gasteiger partial charge in [0.25, 0.3) is 0 Å². The smallest absolute Gasteiger partial charge is 0 e. The molecular weight excluding hydrogens is 1400 g/mol. The molecule has 87 heavy (non-hydrogen) atoms. The first-order valence-corrected chi connectivity index (χ1v) is 35.1. The Labute approximate surface area is 576 Å². The molecule has 0 saturated heterocycles. The van der Waals surface area contributed by atoms with E-state index >= 15 is 0 Å². The summed E-state index contributed by atoms with van der Waals surface area (Å²) in [6.07, 6.45) is 25.8. The van der Waals surface area contributed by atoms with Crippen LogP contribution in [-0.4, -0.2) is 39.3 Å². The number of rotatable bonds is 2. The van der Waals surface area contributed by atoms with Gasteiger partial charge in [-0.1, -0.05) is 293 Å². The van der Waals surface area contributed by atoms with Crippen molar-refractivity contribution < 1.29 is 40.4 Å². The Kier molecular flexibility index (Phi) is 259. The van der Waals surface area contributed by atoms with Crippen molar-refractivity contribution in [2.45, 2.75) is 290 Å². The number of allylic oxidation sites excluding steroid dienone is 5. The van der Waals surface area contributed by atoms with Crippen LogP contribution in [0.2, 0.25) is 0 Å². The van der Waals surface area contributed by atoms with Crippen LogP contribution in [-0.2, 0) is 40.4 Å². The summed E-state index contributed by atoms with van der Waals surface area (Å²) in [5.41, 5.74) is 9.44. The van der Waals surface area contributed by atoms with Crippen molar-refractivity contribution in [1.29, 1.82) is 0 Å². The fraction of sp³-hybridized carbons (Fsp3) is 0.538. The Morgan fingerprint density at radius 1 is 0.379 bits per heavy atom. The molecule has 1 aliphatic carbocycles. The molecule has 0 radical (unpaired) electrons. The SMILES string of the molecule is CC.CC.CC.CC.CC.CC.CC.CC.CC.CC.CC.CC.CC.CC.CC.CC.CC1=CC=CC1.Cc1ccccc1.Cc1ccccn1.Cc1cccnc1.Cc1ccncc1.Cc1ccncn1.Cc1cncnc1.[CH-]=C(C)C[CH]=[W].[W]. The molecule has 0 saturated carbocycles. The van der Waals surface area contributed by atoms with Crippen molar-refractivity contribution >= 4 is 4.40 Å². The quantitative estimate of drug-likeness (QED) is 0.160. The molecule has 0 N–H and O–H groups in total. The number of hydrogen-bond acceptors (Lipinski definition) is 7. The summed E-state index contributed by atoms with van der Waals surface area (Å²) in [5, 5.41) is 0. The summed E-state index contributed by atoms with van der Waals surface area (Å²) in [6.45, 7) is 85.4. The molecule has 0 fully saturated rings. The second-order valence-electron chi connectivity index (χ2n) is 11.8. The van der Waals surface area contributed by atoms with Crippen molar-refractivity contribution in [3.05, 3.63) is 211 Å². The molecule has 0 bridgehead atoms. The number of aromatic nitrogens is 7. The second-order valence-corrected chi connectivity index (χ2v) is 13.0. The van der Waals surface area contributed by atoms with E-state index in [0.29, 0.717) is 0 Å². The summed E-state index contributed by atoms with van der Waals surface area (Å²) in [5.74, 6) is 0. The minimum atomic E-state index is 0. The largest absolute Gasteiger partial charge is 0 e. The molecule has 0 aliphatic heterocycles. The Balaban J connectivity index is -0.0000000366. The molecule has 0 unspecified atom stereocenters. The molecule has 6 aromatic rings. The molecule has 7 nitrogen and oxygen atoms in total. The van der Waals surface area contributed by atoms with Crippen molar-refractivity contribution in [2.24, 2.45) is 0 Å². The van der Waals surface area contributed by atoms with Crippen molar-refractivity contribution in [3.8, 4) is 0 Å². The van der Waals surface area contributed by atoms with Crippen LogP contribution in [0.1, 0.15) is 282 Å². The van der Waals surface area contributed by atoms with Crippen molar-refractivity contribution in [3.63, 3.8) is 0 Å². The van der Waals surface area contributed by atoms with Gasteiger partial charge in [0.15, 0.2) is 0 Å². The summed E-state index contributed by atoms with van der Waals surface area (Å²) in [7, 11) is 0. The molecule has 5 heterocycles. The van der Waals surface area contributed by atoms with E-state index in [1.54, 1.807) is 43.4 Å². The van der Waals surface area contributed by atoms with Gasteiger partial charge in [-0.25, -0.2) is 19.9 Å².